The molecule has 0 aliphatic carbocycles. The van der Waals surface area contributed by atoms with Crippen LogP contribution in [0.15, 0.2) is 48.5 Å². The molecule has 3 heteroatoms. The molecule has 0 aliphatic rings. The third kappa shape index (κ3) is 3.50. The van der Waals surface area contributed by atoms with Crippen LogP contribution in [0.4, 0.5) is 0 Å². The molecule has 0 spiro atoms. The van der Waals surface area contributed by atoms with Gasteiger partial charge in [-0.25, -0.2) is 0 Å². The fourth-order valence-electron chi connectivity index (χ4n) is 1.47. The van der Waals surface area contributed by atoms with E-state index in [0.717, 1.165) is 22.6 Å². The van der Waals surface area contributed by atoms with Gasteiger partial charge in [0.2, 0.25) is 0 Å². The molecule has 0 fully saturated rings. The van der Waals surface area contributed by atoms with Gasteiger partial charge in [-0.05, 0) is 49.2 Å². The van der Waals surface area contributed by atoms with Crippen LogP contribution in [0, 0.1) is 13.8 Å². The Labute approximate surface area is 101 Å². The van der Waals surface area contributed by atoms with Crippen LogP contribution in [0.25, 0.3) is 0 Å². The Balaban J connectivity index is 1.87. The van der Waals surface area contributed by atoms with Crippen LogP contribution in [0.5, 0.6) is 11.5 Å². The molecule has 0 bridgehead atoms. The monoisotopic (exact) mass is 229 g/mol. The highest BCUT2D eigenvalue weighted by atomic mass is 16.9. The van der Waals surface area contributed by atoms with Crippen molar-refractivity contribution in [1.29, 1.82) is 0 Å². The summed E-state index contributed by atoms with van der Waals surface area (Å²) in [6, 6.07) is 15.4. The quantitative estimate of drug-likeness (QED) is 0.817. The summed E-state index contributed by atoms with van der Waals surface area (Å²) in [6.07, 6.45) is 0. The SMILES string of the molecule is Cc1cccc(ONOc2cccc(C)c2)c1. The lowest BCUT2D eigenvalue weighted by Crippen LogP contribution is -2.22. The van der Waals surface area contributed by atoms with E-state index >= 15 is 0 Å². The van der Waals surface area contributed by atoms with Crippen LogP contribution in [0.2, 0.25) is 0 Å². The molecule has 0 radical (unpaired) electrons. The van der Waals surface area contributed by atoms with E-state index in [2.05, 4.69) is 5.64 Å². The van der Waals surface area contributed by atoms with Gasteiger partial charge < -0.3 is 9.68 Å². The number of nitrogens with one attached hydrogen (secondary N) is 1. The molecule has 2 aromatic rings. The Kier molecular flexibility index (Phi) is 3.62. The molecule has 2 rings (SSSR count). The van der Waals surface area contributed by atoms with Crippen LogP contribution in [-0.2, 0) is 0 Å². The first kappa shape index (κ1) is 11.5. The van der Waals surface area contributed by atoms with Gasteiger partial charge in [0, 0.05) is 5.64 Å². The van der Waals surface area contributed by atoms with Crippen LogP contribution < -0.4 is 15.3 Å². The predicted octanol–water partition coefficient (Wildman–Crippen LogP) is 3.18. The van der Waals surface area contributed by atoms with Gasteiger partial charge in [-0.3, -0.25) is 0 Å². The zero-order valence-corrected chi connectivity index (χ0v) is 9.94. The summed E-state index contributed by atoms with van der Waals surface area (Å²) < 4.78 is 0. The van der Waals surface area contributed by atoms with Crippen molar-refractivity contribution >= 4 is 0 Å². The predicted molar refractivity (Wildman–Crippen MR) is 66.7 cm³/mol. The lowest BCUT2D eigenvalue weighted by molar-refractivity contribution is -0.0192. The maximum absolute atomic E-state index is 5.26. The minimum Gasteiger partial charge on any atom is -0.374 e. The van der Waals surface area contributed by atoms with Crippen molar-refractivity contribution in [2.45, 2.75) is 13.8 Å². The molecule has 0 unspecified atom stereocenters. The Morgan fingerprint density at radius 3 is 1.65 bits per heavy atom. The fraction of sp³-hybridized carbons (Fsp3) is 0.143. The summed E-state index contributed by atoms with van der Waals surface area (Å²) in [5.41, 5.74) is 4.75. The van der Waals surface area contributed by atoms with Crippen molar-refractivity contribution in [2.24, 2.45) is 0 Å². The van der Waals surface area contributed by atoms with Crippen molar-refractivity contribution in [3.63, 3.8) is 0 Å². The zero-order valence-electron chi connectivity index (χ0n) is 9.94. The van der Waals surface area contributed by atoms with Gasteiger partial charge in [0.05, 0.1) is 0 Å². The van der Waals surface area contributed by atoms with E-state index in [0.29, 0.717) is 0 Å². The smallest absolute Gasteiger partial charge is 0.151 e. The third-order valence-corrected chi connectivity index (χ3v) is 2.30. The minimum atomic E-state index is 0.720. The minimum absolute atomic E-state index is 0.720. The Hall–Kier alpha value is -2.00. The van der Waals surface area contributed by atoms with Crippen molar-refractivity contribution < 1.29 is 9.68 Å². The normalized spacial score (nSPS) is 10.0. The molecule has 3 nitrogen and oxygen atoms in total. The molecule has 0 atom stereocenters. The van der Waals surface area contributed by atoms with E-state index in [9.17, 15) is 0 Å². The summed E-state index contributed by atoms with van der Waals surface area (Å²) >= 11 is 0. The van der Waals surface area contributed by atoms with Gasteiger partial charge in [-0.2, -0.15) is 0 Å². The van der Waals surface area contributed by atoms with Crippen molar-refractivity contribution in [1.82, 2.24) is 5.64 Å². The molecule has 0 aromatic heterocycles. The molecule has 0 heterocycles. The van der Waals surface area contributed by atoms with Crippen molar-refractivity contribution in [2.75, 3.05) is 0 Å². The van der Waals surface area contributed by atoms with Gasteiger partial charge >= 0.3 is 0 Å². The molecular formula is C14H15NO2. The summed E-state index contributed by atoms with van der Waals surface area (Å²) in [5, 5.41) is 0. The van der Waals surface area contributed by atoms with E-state index < -0.39 is 0 Å². The van der Waals surface area contributed by atoms with Crippen molar-refractivity contribution in [3.8, 4) is 11.5 Å². The van der Waals surface area contributed by atoms with Gasteiger partial charge in [-0.15, -0.1) is 0 Å². The maximum Gasteiger partial charge on any atom is 0.151 e. The highest BCUT2D eigenvalue weighted by Gasteiger charge is 1.96. The first-order chi connectivity index (χ1) is 8.24. The topological polar surface area (TPSA) is 30.5 Å². The van der Waals surface area contributed by atoms with E-state index in [1.165, 1.54) is 0 Å². The van der Waals surface area contributed by atoms with E-state index in [1.54, 1.807) is 0 Å². The van der Waals surface area contributed by atoms with Crippen molar-refractivity contribution in [3.05, 3.63) is 59.7 Å². The molecule has 0 saturated carbocycles. The number of hydrogen-bond acceptors (Lipinski definition) is 3. The third-order valence-electron chi connectivity index (χ3n) is 2.30. The molecule has 1 N–H and O–H groups in total. The van der Waals surface area contributed by atoms with Gasteiger partial charge in [0.1, 0.15) is 0 Å². The van der Waals surface area contributed by atoms with Gasteiger partial charge in [0.15, 0.2) is 11.5 Å². The maximum atomic E-state index is 5.26. The standard InChI is InChI=1S/C14H15NO2/c1-11-5-3-7-13(9-11)16-15-17-14-8-4-6-12(2)10-14/h3-10,15H,1-2H3. The lowest BCUT2D eigenvalue weighted by atomic mass is 10.2. The molecule has 0 amide bonds. The summed E-state index contributed by atoms with van der Waals surface area (Å²) in [4.78, 5) is 10.5. The van der Waals surface area contributed by atoms with Crippen LogP contribution in [0.1, 0.15) is 11.1 Å². The Morgan fingerprint density at radius 2 is 1.24 bits per heavy atom. The van der Waals surface area contributed by atoms with Gasteiger partial charge in [0.25, 0.3) is 0 Å². The highest BCUT2D eigenvalue weighted by molar-refractivity contribution is 5.28. The average Bonchev–Trinajstić information content (AvgIpc) is 2.29. The molecule has 0 saturated heterocycles. The molecular weight excluding hydrogens is 214 g/mol. The molecule has 88 valence electrons. The molecule has 17 heavy (non-hydrogen) atoms. The number of aryl methyl sites for hydroxylation is 2. The summed E-state index contributed by atoms with van der Waals surface area (Å²) in [7, 11) is 0. The van der Waals surface area contributed by atoms with Crippen LogP contribution >= 0.6 is 0 Å². The second-order valence-electron chi connectivity index (χ2n) is 3.92. The molecule has 0 aliphatic heterocycles. The molecule has 2 aromatic carbocycles. The second kappa shape index (κ2) is 5.37. The van der Waals surface area contributed by atoms with Crippen LogP contribution in [0.3, 0.4) is 0 Å². The zero-order chi connectivity index (χ0) is 12.1. The first-order valence-corrected chi connectivity index (χ1v) is 5.46. The largest absolute Gasteiger partial charge is 0.374 e. The van der Waals surface area contributed by atoms with E-state index in [4.69, 9.17) is 9.68 Å². The van der Waals surface area contributed by atoms with E-state index in [1.807, 2.05) is 62.4 Å². The fourth-order valence-corrected chi connectivity index (χ4v) is 1.47. The Morgan fingerprint density at radius 1 is 0.765 bits per heavy atom. The summed E-state index contributed by atoms with van der Waals surface area (Å²) in [5.74, 6) is 1.44. The van der Waals surface area contributed by atoms with E-state index in [-0.39, 0.29) is 0 Å². The number of rotatable bonds is 4. The van der Waals surface area contributed by atoms with Crippen LogP contribution in [-0.4, -0.2) is 0 Å². The number of benzene rings is 2. The summed E-state index contributed by atoms with van der Waals surface area (Å²) in [6.45, 7) is 4.02. The lowest BCUT2D eigenvalue weighted by Gasteiger charge is -2.08. The first-order valence-electron chi connectivity index (χ1n) is 5.46. The highest BCUT2D eigenvalue weighted by Crippen LogP contribution is 2.13. The second-order valence-corrected chi connectivity index (χ2v) is 3.92. The van der Waals surface area contributed by atoms with Gasteiger partial charge in [-0.1, -0.05) is 24.3 Å². The average molecular weight is 229 g/mol. The Bertz CT molecular complexity index is 452. The number of hydrogen-bond donors (Lipinski definition) is 1.